The fourth-order valence-electron chi connectivity index (χ4n) is 8.16. The number of hydrogen-bond donors (Lipinski definition) is 1. The maximum atomic E-state index is 11.2. The lowest BCUT2D eigenvalue weighted by Gasteiger charge is -2.57. The van der Waals surface area contributed by atoms with Crippen molar-refractivity contribution in [2.24, 2.45) is 17.8 Å². The van der Waals surface area contributed by atoms with Gasteiger partial charge in [-0.3, -0.25) is 0 Å². The first-order valence-corrected chi connectivity index (χ1v) is 14.7. The molecule has 3 heteroatoms. The maximum absolute atomic E-state index is 11.2. The van der Waals surface area contributed by atoms with Gasteiger partial charge in [-0.1, -0.05) is 66.7 Å². The van der Waals surface area contributed by atoms with Crippen LogP contribution >= 0.6 is 0 Å². The minimum absolute atomic E-state index is 0.325. The van der Waals surface area contributed by atoms with Gasteiger partial charge in [-0.2, -0.15) is 0 Å². The summed E-state index contributed by atoms with van der Waals surface area (Å²) in [4.78, 5) is 11.2. The quantitative estimate of drug-likeness (QED) is 0.215. The molecule has 4 saturated carbocycles. The van der Waals surface area contributed by atoms with Gasteiger partial charge in [0.05, 0.1) is 12.2 Å². The number of ether oxygens (including phenoxy) is 1. The summed E-state index contributed by atoms with van der Waals surface area (Å²) >= 11 is 0. The monoisotopic (exact) mass is 520 g/mol. The van der Waals surface area contributed by atoms with Crippen LogP contribution in [-0.4, -0.2) is 17.7 Å². The van der Waals surface area contributed by atoms with Crippen molar-refractivity contribution in [3.63, 3.8) is 0 Å². The molecule has 0 spiro atoms. The molecule has 0 aromatic heterocycles. The Bertz CT molecular complexity index is 1300. The van der Waals surface area contributed by atoms with E-state index in [1.54, 1.807) is 17.7 Å². The Balaban J connectivity index is 1.23. The lowest BCUT2D eigenvalue weighted by atomic mass is 9.47. The highest BCUT2D eigenvalue weighted by Crippen LogP contribution is 2.61. The average Bonchev–Trinajstić information content (AvgIpc) is 2.93. The Morgan fingerprint density at radius 3 is 2.18 bits per heavy atom. The van der Waals surface area contributed by atoms with E-state index < -0.39 is 5.97 Å². The van der Waals surface area contributed by atoms with Crippen LogP contribution in [0.25, 0.3) is 11.6 Å². The van der Waals surface area contributed by atoms with Crippen LogP contribution in [0, 0.1) is 17.8 Å². The van der Waals surface area contributed by atoms with Gasteiger partial charge in [0.2, 0.25) is 0 Å². The summed E-state index contributed by atoms with van der Waals surface area (Å²) in [7, 11) is 0. The van der Waals surface area contributed by atoms with E-state index in [9.17, 15) is 9.90 Å². The Hall–Kier alpha value is -3.17. The number of carbonyl (C=O) groups is 1. The van der Waals surface area contributed by atoms with Gasteiger partial charge in [-0.25, -0.2) is 4.79 Å². The van der Waals surface area contributed by atoms with E-state index in [-0.39, 0.29) is 0 Å². The Labute approximate surface area is 232 Å². The summed E-state index contributed by atoms with van der Waals surface area (Å²) in [6.07, 6.45) is 12.7. The molecule has 3 aromatic carbocycles. The molecule has 4 aliphatic rings. The highest BCUT2D eigenvalue weighted by atomic mass is 16.5. The summed E-state index contributed by atoms with van der Waals surface area (Å²) in [5, 5.41) is 9.23. The van der Waals surface area contributed by atoms with Crippen molar-refractivity contribution < 1.29 is 14.6 Å². The normalized spacial score (nSPS) is 25.7. The molecule has 0 heterocycles. The first kappa shape index (κ1) is 26.1. The zero-order valence-corrected chi connectivity index (χ0v) is 23.1. The third kappa shape index (κ3) is 5.75. The van der Waals surface area contributed by atoms with Gasteiger partial charge in [0.1, 0.15) is 0 Å². The maximum Gasteiger partial charge on any atom is 0.335 e. The second-order valence-electron chi connectivity index (χ2n) is 12.5. The van der Waals surface area contributed by atoms with Gasteiger partial charge in [0, 0.05) is 6.61 Å². The summed E-state index contributed by atoms with van der Waals surface area (Å²) in [5.41, 5.74) is 8.57. The van der Waals surface area contributed by atoms with Crippen LogP contribution < -0.4 is 0 Å². The summed E-state index contributed by atoms with van der Waals surface area (Å²) < 4.78 is 6.04. The minimum Gasteiger partial charge on any atom is -0.478 e. The fourth-order valence-corrected chi connectivity index (χ4v) is 8.16. The van der Waals surface area contributed by atoms with Crippen molar-refractivity contribution in [1.29, 1.82) is 0 Å². The van der Waals surface area contributed by atoms with Crippen molar-refractivity contribution in [1.82, 2.24) is 0 Å². The van der Waals surface area contributed by atoms with E-state index in [2.05, 4.69) is 55.5 Å². The van der Waals surface area contributed by atoms with Crippen molar-refractivity contribution in [3.8, 4) is 0 Å². The molecule has 39 heavy (non-hydrogen) atoms. The third-order valence-corrected chi connectivity index (χ3v) is 9.56. The number of allylic oxidation sites excluding steroid dienone is 1. The predicted octanol–water partition coefficient (Wildman–Crippen LogP) is 8.56. The molecule has 0 aliphatic heterocycles. The minimum atomic E-state index is -0.886. The van der Waals surface area contributed by atoms with Gasteiger partial charge in [0.25, 0.3) is 0 Å². The van der Waals surface area contributed by atoms with Crippen LogP contribution in [0.15, 0.2) is 72.8 Å². The number of benzene rings is 3. The standard InChI is InChI=1S/C36H40O3/c1-25(16-26-9-11-32(12-10-26)35(37)38)33-14-13-31(8-5-15-39-24-27-6-3-2-4-7-27)34(20-33)36-21-28-17-29(22-36)19-30(18-28)23-36/h2-4,6-7,9-14,16,20,28-30H,5,8,15,17-19,21-24H2,1H3,(H,37,38)/b25-16-. The van der Waals surface area contributed by atoms with Gasteiger partial charge in [-0.15, -0.1) is 0 Å². The average molecular weight is 521 g/mol. The van der Waals surface area contributed by atoms with E-state index in [1.165, 1.54) is 60.8 Å². The van der Waals surface area contributed by atoms with Gasteiger partial charge in [0.15, 0.2) is 0 Å². The van der Waals surface area contributed by atoms with E-state index in [1.807, 2.05) is 18.2 Å². The molecule has 0 unspecified atom stereocenters. The Kier molecular flexibility index (Phi) is 7.44. The molecule has 0 amide bonds. The van der Waals surface area contributed by atoms with Crippen LogP contribution in [0.1, 0.15) is 90.0 Å². The molecular formula is C36H40O3. The molecule has 0 radical (unpaired) electrons. The van der Waals surface area contributed by atoms with Crippen molar-refractivity contribution in [3.05, 3.63) is 106 Å². The summed E-state index contributed by atoms with van der Waals surface area (Å²) in [5.74, 6) is 1.84. The third-order valence-electron chi connectivity index (χ3n) is 9.56. The molecule has 202 valence electrons. The number of carboxylic acids is 1. The van der Waals surface area contributed by atoms with E-state index in [4.69, 9.17) is 4.74 Å². The van der Waals surface area contributed by atoms with E-state index >= 15 is 0 Å². The number of aryl methyl sites for hydroxylation is 1. The van der Waals surface area contributed by atoms with Gasteiger partial charge >= 0.3 is 5.97 Å². The molecule has 4 bridgehead atoms. The Morgan fingerprint density at radius 1 is 0.897 bits per heavy atom. The SMILES string of the molecule is C/C(=C/c1ccc(C(=O)O)cc1)c1ccc(CCCOCc2ccccc2)c(C23CC4CC(CC(C4)C2)C3)c1. The molecule has 1 N–H and O–H groups in total. The molecule has 3 nitrogen and oxygen atoms in total. The van der Waals surface area contributed by atoms with Crippen molar-refractivity contribution in [2.75, 3.05) is 6.61 Å². The number of rotatable bonds is 10. The van der Waals surface area contributed by atoms with E-state index in [0.29, 0.717) is 17.6 Å². The van der Waals surface area contributed by atoms with Gasteiger partial charge in [-0.05, 0) is 127 Å². The smallest absolute Gasteiger partial charge is 0.335 e. The van der Waals surface area contributed by atoms with E-state index in [0.717, 1.165) is 42.8 Å². The topological polar surface area (TPSA) is 46.5 Å². The fraction of sp³-hybridized carbons (Fsp3) is 0.417. The summed E-state index contributed by atoms with van der Waals surface area (Å²) in [6, 6.07) is 24.8. The molecule has 4 aliphatic carbocycles. The highest BCUT2D eigenvalue weighted by molar-refractivity contribution is 5.88. The van der Waals surface area contributed by atoms with Gasteiger partial charge < -0.3 is 9.84 Å². The van der Waals surface area contributed by atoms with Crippen molar-refractivity contribution in [2.45, 2.75) is 70.3 Å². The molecule has 4 fully saturated rings. The first-order chi connectivity index (χ1) is 19.0. The van der Waals surface area contributed by atoms with Crippen LogP contribution in [0.4, 0.5) is 0 Å². The second-order valence-corrected chi connectivity index (χ2v) is 12.5. The summed E-state index contributed by atoms with van der Waals surface area (Å²) in [6.45, 7) is 3.64. The molecule has 7 rings (SSSR count). The molecule has 0 saturated heterocycles. The van der Waals surface area contributed by atoms with Crippen LogP contribution in [0.5, 0.6) is 0 Å². The largest absolute Gasteiger partial charge is 0.478 e. The van der Waals surface area contributed by atoms with Crippen molar-refractivity contribution >= 4 is 17.6 Å². The zero-order chi connectivity index (χ0) is 26.8. The highest BCUT2D eigenvalue weighted by Gasteiger charge is 2.52. The first-order valence-electron chi connectivity index (χ1n) is 14.7. The van der Waals surface area contributed by atoms with Crippen LogP contribution in [-0.2, 0) is 23.2 Å². The number of aromatic carboxylic acids is 1. The Morgan fingerprint density at radius 2 is 1.54 bits per heavy atom. The molecule has 3 aromatic rings. The molecular weight excluding hydrogens is 480 g/mol. The van der Waals surface area contributed by atoms with Crippen LogP contribution in [0.3, 0.4) is 0 Å². The van der Waals surface area contributed by atoms with Crippen LogP contribution in [0.2, 0.25) is 0 Å². The predicted molar refractivity (Wildman–Crippen MR) is 158 cm³/mol. The zero-order valence-electron chi connectivity index (χ0n) is 23.1. The number of carboxylic acid groups (broad SMARTS) is 1. The lowest BCUT2D eigenvalue weighted by Crippen LogP contribution is -2.49. The number of hydrogen-bond acceptors (Lipinski definition) is 2. The molecule has 0 atom stereocenters. The second kappa shape index (κ2) is 11.1. The lowest BCUT2D eigenvalue weighted by molar-refractivity contribution is -0.00564.